The Morgan fingerprint density at radius 2 is 0.620 bits per heavy atom. The van der Waals surface area contributed by atoms with Gasteiger partial charge in [0.05, 0.1) is 0 Å². The average Bonchev–Trinajstić information content (AvgIpc) is 0.732. The minimum Gasteiger partial charge on any atom is -0.456 e. The van der Waals surface area contributed by atoms with Crippen LogP contribution >= 0.6 is 0 Å². The standard InChI is InChI=1S/C78H60N6O8/c1-76(2)49-78(91-72-39-38-60(43-64(72)76)88-67-33-17-32-66(61(67)46-79)85-57-29-14-26-54(40-57)82-51-20-8-5-9-21-51)50-77(3,4)65-44-74(89-70-36-18-34-68(62(70)47-80)86-58-30-15-27-55(41-58)83-52-22-10-6-11-23-52)75(45-73(65)92-78)90-71-37-19-35-69(63(71)48-81)87-59-31-16-28-56(42-59)84-53-24-12-7-13-25-53/h5-45,82-84H,49-50H2,1-4H3. The third kappa shape index (κ3) is 12.8. The molecule has 0 saturated heterocycles. The van der Waals surface area contributed by atoms with E-state index in [1.807, 2.05) is 188 Å². The predicted octanol–water partition coefficient (Wildman–Crippen LogP) is 20.8. The normalized spacial score (nSPS) is 14.6. The van der Waals surface area contributed by atoms with Crippen LogP contribution in [-0.2, 0) is 10.8 Å². The first-order valence-electron chi connectivity index (χ1n) is 29.9. The number of nitrogens with zero attached hydrogens (tertiary/aromatic N) is 3. The number of ether oxygens (including phenoxy) is 8. The van der Waals surface area contributed by atoms with E-state index in [1.165, 1.54) is 0 Å². The quantitative estimate of drug-likeness (QED) is 0.0738. The topological polar surface area (TPSA) is 181 Å². The monoisotopic (exact) mass is 1210 g/mol. The molecule has 14 heteroatoms. The molecule has 1 atom stereocenters. The number of nitrogens with one attached hydrogen (secondary N) is 3. The first kappa shape index (κ1) is 58.7. The van der Waals surface area contributed by atoms with E-state index in [0.29, 0.717) is 58.8 Å². The molecule has 1 unspecified atom stereocenters. The Bertz CT molecular complexity index is 4690. The number of hydrogen-bond acceptors (Lipinski definition) is 14. The molecule has 0 aliphatic carbocycles. The number of nitriles is 3. The van der Waals surface area contributed by atoms with Gasteiger partial charge in [-0.2, -0.15) is 15.8 Å². The van der Waals surface area contributed by atoms with E-state index in [0.717, 1.165) is 45.3 Å². The van der Waals surface area contributed by atoms with Crippen molar-refractivity contribution in [1.29, 1.82) is 15.8 Å². The highest BCUT2D eigenvalue weighted by atomic mass is 16.7. The molecule has 450 valence electrons. The maximum absolute atomic E-state index is 10.9. The second-order valence-electron chi connectivity index (χ2n) is 23.6. The van der Waals surface area contributed by atoms with Gasteiger partial charge in [0.2, 0.25) is 0 Å². The van der Waals surface area contributed by atoms with E-state index < -0.39 is 16.6 Å². The lowest BCUT2D eigenvalue weighted by atomic mass is 9.69. The van der Waals surface area contributed by atoms with Gasteiger partial charge in [0.1, 0.15) is 104 Å². The first-order valence-corrected chi connectivity index (χ1v) is 29.9. The van der Waals surface area contributed by atoms with Gasteiger partial charge in [-0.1, -0.05) is 119 Å². The van der Waals surface area contributed by atoms with Crippen molar-refractivity contribution in [2.75, 3.05) is 16.0 Å². The van der Waals surface area contributed by atoms with Gasteiger partial charge in [-0.05, 0) is 133 Å². The van der Waals surface area contributed by atoms with E-state index in [-0.39, 0.29) is 51.2 Å². The number of anilines is 6. The van der Waals surface area contributed by atoms with Crippen LogP contribution in [0.3, 0.4) is 0 Å². The zero-order chi connectivity index (χ0) is 63.2. The van der Waals surface area contributed by atoms with Crippen molar-refractivity contribution in [2.24, 2.45) is 0 Å². The first-order chi connectivity index (χ1) is 44.8. The van der Waals surface area contributed by atoms with Crippen LogP contribution in [0.15, 0.2) is 249 Å². The Morgan fingerprint density at radius 1 is 0.304 bits per heavy atom. The average molecular weight is 1210 g/mol. The minimum absolute atomic E-state index is 0.118. The molecule has 2 heterocycles. The fourth-order valence-corrected chi connectivity index (χ4v) is 11.8. The Morgan fingerprint density at radius 3 is 1.00 bits per heavy atom. The maximum Gasteiger partial charge on any atom is 0.252 e. The molecule has 11 aromatic carbocycles. The summed E-state index contributed by atoms with van der Waals surface area (Å²) in [5.74, 6) is 3.89. The molecule has 92 heavy (non-hydrogen) atoms. The van der Waals surface area contributed by atoms with Gasteiger partial charge < -0.3 is 53.8 Å². The van der Waals surface area contributed by atoms with E-state index >= 15 is 0 Å². The zero-order valence-electron chi connectivity index (χ0n) is 50.7. The molecule has 13 rings (SSSR count). The summed E-state index contributed by atoms with van der Waals surface area (Å²) >= 11 is 0. The van der Waals surface area contributed by atoms with E-state index in [2.05, 4.69) is 61.9 Å². The van der Waals surface area contributed by atoms with Gasteiger partial charge in [-0.25, -0.2) is 0 Å². The van der Waals surface area contributed by atoms with Crippen LogP contribution in [0.2, 0.25) is 0 Å². The molecule has 0 saturated carbocycles. The molecular weight excluding hydrogens is 1150 g/mol. The lowest BCUT2D eigenvalue weighted by Crippen LogP contribution is -2.55. The van der Waals surface area contributed by atoms with Gasteiger partial charge in [0, 0.05) is 93.2 Å². The Hall–Kier alpha value is -12.3. The molecule has 0 bridgehead atoms. The van der Waals surface area contributed by atoms with Gasteiger partial charge >= 0.3 is 0 Å². The molecule has 0 radical (unpaired) electrons. The largest absolute Gasteiger partial charge is 0.456 e. The highest BCUT2D eigenvalue weighted by Gasteiger charge is 2.54. The highest BCUT2D eigenvalue weighted by molar-refractivity contribution is 5.67. The van der Waals surface area contributed by atoms with Gasteiger partial charge in [-0.15, -0.1) is 0 Å². The van der Waals surface area contributed by atoms with Crippen LogP contribution in [0.5, 0.6) is 80.5 Å². The van der Waals surface area contributed by atoms with Gasteiger partial charge in [0.25, 0.3) is 5.79 Å². The zero-order valence-corrected chi connectivity index (χ0v) is 50.7. The Labute approximate surface area is 533 Å². The molecular formula is C78H60N6O8. The molecule has 3 N–H and O–H groups in total. The van der Waals surface area contributed by atoms with E-state index in [4.69, 9.17) is 37.9 Å². The summed E-state index contributed by atoms with van der Waals surface area (Å²) < 4.78 is 53.8. The van der Waals surface area contributed by atoms with Crippen molar-refractivity contribution in [3.05, 3.63) is 277 Å². The predicted molar refractivity (Wildman–Crippen MR) is 355 cm³/mol. The summed E-state index contributed by atoms with van der Waals surface area (Å²) in [6.07, 6.45) is 0.838. The van der Waals surface area contributed by atoms with E-state index in [1.54, 1.807) is 60.7 Å². The van der Waals surface area contributed by atoms with Crippen LogP contribution in [0, 0.1) is 34.0 Å². The fourth-order valence-electron chi connectivity index (χ4n) is 11.8. The van der Waals surface area contributed by atoms with Crippen LogP contribution in [0.25, 0.3) is 0 Å². The van der Waals surface area contributed by atoms with Crippen LogP contribution < -0.4 is 53.8 Å². The van der Waals surface area contributed by atoms with Gasteiger partial charge in [0.15, 0.2) is 11.5 Å². The Kier molecular flexibility index (Phi) is 16.0. The fraction of sp³-hybridized carbons (Fsp3) is 0.115. The molecule has 2 aliphatic heterocycles. The summed E-state index contributed by atoms with van der Waals surface area (Å²) in [4.78, 5) is 0. The number of hydrogen-bond donors (Lipinski definition) is 3. The van der Waals surface area contributed by atoms with Crippen molar-refractivity contribution >= 4 is 34.1 Å². The lowest BCUT2D eigenvalue weighted by molar-refractivity contribution is -0.166. The minimum atomic E-state index is -1.19. The van der Waals surface area contributed by atoms with Crippen molar-refractivity contribution in [2.45, 2.75) is 57.2 Å². The number of para-hydroxylation sites is 3. The van der Waals surface area contributed by atoms with Crippen molar-refractivity contribution in [1.82, 2.24) is 0 Å². The number of rotatable bonds is 18. The summed E-state index contributed by atoms with van der Waals surface area (Å²) in [7, 11) is 0. The third-order valence-corrected chi connectivity index (χ3v) is 15.8. The SMILES string of the molecule is CC1(C)CC2(CC(C)(C)c3cc(Oc4cccc(Oc5cccc(Nc6ccccc6)c5)c4C#N)c(Oc4cccc(Oc5cccc(Nc6ccccc6)c5)c4C#N)cc3O2)Oc2ccc(Oc3cccc(Oc4cccc(Nc5ccccc5)c4)c3C#N)cc21. The lowest BCUT2D eigenvalue weighted by Gasteiger charge is -2.51. The number of fused-ring (bicyclic) bond motifs is 2. The second kappa shape index (κ2) is 25.1. The van der Waals surface area contributed by atoms with Crippen LogP contribution in [-0.4, -0.2) is 5.79 Å². The molecule has 0 aromatic heterocycles. The molecule has 14 nitrogen and oxygen atoms in total. The van der Waals surface area contributed by atoms with Crippen molar-refractivity contribution in [3.63, 3.8) is 0 Å². The molecule has 11 aromatic rings. The van der Waals surface area contributed by atoms with Crippen molar-refractivity contribution in [3.8, 4) is 98.7 Å². The van der Waals surface area contributed by atoms with Crippen LogP contribution in [0.4, 0.5) is 34.1 Å². The summed E-state index contributed by atoms with van der Waals surface area (Å²) in [5, 5.41) is 42.5. The summed E-state index contributed by atoms with van der Waals surface area (Å²) in [6, 6.07) is 83.7. The number of benzene rings is 11. The summed E-state index contributed by atoms with van der Waals surface area (Å²) in [6.45, 7) is 8.54. The second-order valence-corrected chi connectivity index (χ2v) is 23.6. The van der Waals surface area contributed by atoms with E-state index in [9.17, 15) is 15.8 Å². The Balaban J connectivity index is 0.809. The van der Waals surface area contributed by atoms with Gasteiger partial charge in [-0.3, -0.25) is 0 Å². The maximum atomic E-state index is 10.9. The smallest absolute Gasteiger partial charge is 0.252 e. The molecule has 0 fully saturated rings. The molecule has 2 aliphatic rings. The van der Waals surface area contributed by atoms with Crippen LogP contribution in [0.1, 0.15) is 68.4 Å². The van der Waals surface area contributed by atoms with Crippen molar-refractivity contribution < 1.29 is 37.9 Å². The molecule has 0 amide bonds. The summed E-state index contributed by atoms with van der Waals surface area (Å²) in [5.41, 5.74) is 6.15. The third-order valence-electron chi connectivity index (χ3n) is 15.8. The highest BCUT2D eigenvalue weighted by Crippen LogP contribution is 2.57. The molecule has 1 spiro atoms.